The molecule has 1 fully saturated rings. The number of amides is 1. The van der Waals surface area contributed by atoms with Crippen molar-refractivity contribution in [3.8, 4) is 0 Å². The van der Waals surface area contributed by atoms with Crippen molar-refractivity contribution in [2.24, 2.45) is 17.3 Å². The van der Waals surface area contributed by atoms with Gasteiger partial charge in [-0.1, -0.05) is 41.5 Å². The van der Waals surface area contributed by atoms with Crippen LogP contribution < -0.4 is 5.32 Å². The summed E-state index contributed by atoms with van der Waals surface area (Å²) >= 11 is 0. The molecule has 0 spiro atoms. The van der Waals surface area contributed by atoms with Gasteiger partial charge in [-0.3, -0.25) is 10.1 Å². The monoisotopic (exact) mass is 254 g/mol. The Kier molecular flexibility index (Phi) is 4.82. The van der Waals surface area contributed by atoms with Gasteiger partial charge >= 0.3 is 0 Å². The molecular weight excluding hydrogens is 224 g/mol. The van der Waals surface area contributed by atoms with Crippen LogP contribution in [0.5, 0.6) is 0 Å². The molecule has 1 N–H and O–H groups in total. The predicted octanol–water partition coefficient (Wildman–Crippen LogP) is 2.86. The molecule has 18 heavy (non-hydrogen) atoms. The average Bonchev–Trinajstić information content (AvgIpc) is 2.44. The molecule has 1 aliphatic rings. The summed E-state index contributed by atoms with van der Waals surface area (Å²) in [5, 5.41) is 3.42. The van der Waals surface area contributed by atoms with Crippen LogP contribution in [0.3, 0.4) is 0 Å². The number of hydrogen-bond acceptors (Lipinski definition) is 2. The van der Waals surface area contributed by atoms with Crippen LogP contribution in [0.4, 0.5) is 0 Å². The zero-order chi connectivity index (χ0) is 14.1. The highest BCUT2D eigenvalue weighted by Gasteiger charge is 2.39. The van der Waals surface area contributed by atoms with Crippen LogP contribution in [0.1, 0.15) is 54.9 Å². The Hall–Kier alpha value is -0.570. The van der Waals surface area contributed by atoms with Crippen LogP contribution in [0.25, 0.3) is 0 Å². The predicted molar refractivity (Wildman–Crippen MR) is 76.2 cm³/mol. The van der Waals surface area contributed by atoms with Crippen molar-refractivity contribution in [1.29, 1.82) is 0 Å². The minimum atomic E-state index is 0.0166. The number of nitrogens with one attached hydrogen (secondary N) is 1. The second-order valence-corrected chi connectivity index (χ2v) is 7.13. The highest BCUT2D eigenvalue weighted by Crippen LogP contribution is 2.29. The second kappa shape index (κ2) is 5.60. The van der Waals surface area contributed by atoms with E-state index in [0.29, 0.717) is 11.8 Å². The molecule has 2 unspecified atom stereocenters. The van der Waals surface area contributed by atoms with Gasteiger partial charge in [-0.25, -0.2) is 0 Å². The fourth-order valence-electron chi connectivity index (χ4n) is 2.32. The van der Waals surface area contributed by atoms with E-state index in [1.807, 2.05) is 4.90 Å². The van der Waals surface area contributed by atoms with E-state index in [9.17, 15) is 4.79 Å². The van der Waals surface area contributed by atoms with Crippen LogP contribution in [-0.2, 0) is 4.79 Å². The van der Waals surface area contributed by atoms with Crippen LogP contribution >= 0.6 is 0 Å². The molecule has 0 aromatic heterocycles. The first-order chi connectivity index (χ1) is 8.15. The molecule has 0 saturated carbocycles. The molecule has 3 nitrogen and oxygen atoms in total. The molecule has 0 aromatic rings. The minimum absolute atomic E-state index is 0.0166. The van der Waals surface area contributed by atoms with Crippen molar-refractivity contribution >= 4 is 5.91 Å². The van der Waals surface area contributed by atoms with E-state index in [1.165, 1.54) is 0 Å². The fraction of sp³-hybridized carbons (Fsp3) is 0.933. The standard InChI is InChI=1S/C15H30N2O/c1-10(2)8-13-14(18)17(12(5)16-13)9-15(6,7)11(3)4/h10-13,16H,8-9H2,1-7H3. The summed E-state index contributed by atoms with van der Waals surface area (Å²) in [4.78, 5) is 14.4. The smallest absolute Gasteiger partial charge is 0.241 e. The van der Waals surface area contributed by atoms with E-state index in [1.54, 1.807) is 0 Å². The molecule has 1 saturated heterocycles. The Bertz CT molecular complexity index is 297. The van der Waals surface area contributed by atoms with E-state index in [2.05, 4.69) is 53.8 Å². The number of carbonyl (C=O) groups is 1. The number of hydrogen-bond donors (Lipinski definition) is 1. The van der Waals surface area contributed by atoms with Crippen molar-refractivity contribution in [2.45, 2.75) is 67.1 Å². The van der Waals surface area contributed by atoms with Crippen molar-refractivity contribution in [3.63, 3.8) is 0 Å². The first-order valence-corrected chi connectivity index (χ1v) is 7.21. The summed E-state index contributed by atoms with van der Waals surface area (Å²) in [6.45, 7) is 16.2. The van der Waals surface area contributed by atoms with Gasteiger partial charge in [0, 0.05) is 6.54 Å². The molecule has 0 aliphatic carbocycles. The number of carbonyl (C=O) groups excluding carboxylic acids is 1. The van der Waals surface area contributed by atoms with Gasteiger partial charge in [0.05, 0.1) is 12.2 Å². The molecule has 3 heteroatoms. The zero-order valence-electron chi connectivity index (χ0n) is 13.1. The minimum Gasteiger partial charge on any atom is -0.326 e. The lowest BCUT2D eigenvalue weighted by atomic mass is 9.80. The molecule has 106 valence electrons. The molecule has 0 bridgehead atoms. The van der Waals surface area contributed by atoms with Crippen LogP contribution in [0.2, 0.25) is 0 Å². The van der Waals surface area contributed by atoms with E-state index < -0.39 is 0 Å². The van der Waals surface area contributed by atoms with Gasteiger partial charge in [0.25, 0.3) is 0 Å². The van der Waals surface area contributed by atoms with E-state index in [-0.39, 0.29) is 23.5 Å². The molecular formula is C15H30N2O. The highest BCUT2D eigenvalue weighted by atomic mass is 16.2. The maximum atomic E-state index is 12.4. The van der Waals surface area contributed by atoms with Crippen LogP contribution in [-0.4, -0.2) is 29.6 Å². The quantitative estimate of drug-likeness (QED) is 0.818. The lowest BCUT2D eigenvalue weighted by molar-refractivity contribution is -0.131. The van der Waals surface area contributed by atoms with Gasteiger partial charge in [0.15, 0.2) is 0 Å². The second-order valence-electron chi connectivity index (χ2n) is 7.13. The summed E-state index contributed by atoms with van der Waals surface area (Å²) in [7, 11) is 0. The molecule has 1 amide bonds. The third-order valence-electron chi connectivity index (χ3n) is 4.34. The van der Waals surface area contributed by atoms with Crippen molar-refractivity contribution < 1.29 is 4.79 Å². The van der Waals surface area contributed by atoms with Gasteiger partial charge in [-0.15, -0.1) is 0 Å². The molecule has 0 radical (unpaired) electrons. The molecule has 1 rings (SSSR count). The van der Waals surface area contributed by atoms with Crippen LogP contribution in [0, 0.1) is 17.3 Å². The lowest BCUT2D eigenvalue weighted by Gasteiger charge is -2.35. The Balaban J connectivity index is 2.70. The Morgan fingerprint density at radius 1 is 1.28 bits per heavy atom. The first kappa shape index (κ1) is 15.5. The molecule has 0 aromatic carbocycles. The molecule has 1 heterocycles. The normalized spacial score (nSPS) is 25.6. The van der Waals surface area contributed by atoms with Gasteiger partial charge < -0.3 is 4.90 Å². The van der Waals surface area contributed by atoms with E-state index in [0.717, 1.165) is 13.0 Å². The SMILES string of the molecule is CC(C)CC1NC(C)N(CC(C)(C)C(C)C)C1=O. The molecule has 1 aliphatic heterocycles. The summed E-state index contributed by atoms with van der Waals surface area (Å²) in [5.41, 5.74) is 0.165. The topological polar surface area (TPSA) is 32.3 Å². The third-order valence-corrected chi connectivity index (χ3v) is 4.34. The third kappa shape index (κ3) is 3.47. The Morgan fingerprint density at radius 2 is 1.83 bits per heavy atom. The lowest BCUT2D eigenvalue weighted by Crippen LogP contribution is -2.43. The van der Waals surface area contributed by atoms with Gasteiger partial charge in [0.1, 0.15) is 0 Å². The van der Waals surface area contributed by atoms with Crippen molar-refractivity contribution in [1.82, 2.24) is 10.2 Å². The largest absolute Gasteiger partial charge is 0.326 e. The van der Waals surface area contributed by atoms with E-state index in [4.69, 9.17) is 0 Å². The summed E-state index contributed by atoms with van der Waals surface area (Å²) in [6, 6.07) is 0.0166. The molecule has 2 atom stereocenters. The summed E-state index contributed by atoms with van der Waals surface area (Å²) in [5.74, 6) is 1.41. The Morgan fingerprint density at radius 3 is 2.28 bits per heavy atom. The number of rotatable bonds is 5. The fourth-order valence-corrected chi connectivity index (χ4v) is 2.32. The van der Waals surface area contributed by atoms with Crippen molar-refractivity contribution in [2.75, 3.05) is 6.54 Å². The summed E-state index contributed by atoms with van der Waals surface area (Å²) < 4.78 is 0. The maximum absolute atomic E-state index is 12.4. The van der Waals surface area contributed by atoms with Gasteiger partial charge in [-0.2, -0.15) is 0 Å². The number of nitrogens with zero attached hydrogens (tertiary/aromatic N) is 1. The van der Waals surface area contributed by atoms with Gasteiger partial charge in [0.2, 0.25) is 5.91 Å². The zero-order valence-corrected chi connectivity index (χ0v) is 13.1. The van der Waals surface area contributed by atoms with Crippen LogP contribution in [0.15, 0.2) is 0 Å². The van der Waals surface area contributed by atoms with Crippen molar-refractivity contribution in [3.05, 3.63) is 0 Å². The average molecular weight is 254 g/mol. The van der Waals surface area contributed by atoms with Gasteiger partial charge in [-0.05, 0) is 30.6 Å². The Labute approximate surface area is 112 Å². The first-order valence-electron chi connectivity index (χ1n) is 7.21. The summed E-state index contributed by atoms with van der Waals surface area (Å²) in [6.07, 6.45) is 1.10. The van der Waals surface area contributed by atoms with E-state index >= 15 is 0 Å². The highest BCUT2D eigenvalue weighted by molar-refractivity contribution is 5.84. The maximum Gasteiger partial charge on any atom is 0.241 e.